The average molecular weight is 494 g/mol. The predicted molar refractivity (Wildman–Crippen MR) is 134 cm³/mol. The molecule has 3 unspecified atom stereocenters. The molecule has 182 valence electrons. The van der Waals surface area contributed by atoms with Crippen molar-refractivity contribution in [1.29, 1.82) is 0 Å². The van der Waals surface area contributed by atoms with Gasteiger partial charge in [0.2, 0.25) is 5.95 Å². The predicted octanol–water partition coefficient (Wildman–Crippen LogP) is 2.64. The number of hydrogen-bond donors (Lipinski definition) is 5. The molecular formula is C24H27N7O3S. The van der Waals surface area contributed by atoms with Gasteiger partial charge < -0.3 is 26.0 Å². The molecule has 35 heavy (non-hydrogen) atoms. The minimum Gasteiger partial charge on any atom is -0.396 e. The van der Waals surface area contributed by atoms with Gasteiger partial charge in [-0.05, 0) is 50.5 Å². The molecule has 4 heterocycles. The number of nitrogens with zero attached hydrogens (tertiary/aromatic N) is 5. The SMILES string of the molecule is Cc1nc(NCc2ccncc2)nc(NC2(O)CCC(CO)C2O)c1-c1nc2c(C)nccc2s1. The van der Waals surface area contributed by atoms with Gasteiger partial charge in [-0.1, -0.05) is 0 Å². The maximum absolute atomic E-state index is 11.3. The molecule has 0 radical (unpaired) electrons. The summed E-state index contributed by atoms with van der Waals surface area (Å²) in [5, 5.41) is 38.6. The fourth-order valence-corrected chi connectivity index (χ4v) is 5.51. The number of aliphatic hydroxyl groups excluding tert-OH is 2. The molecule has 1 aliphatic carbocycles. The quantitative estimate of drug-likeness (QED) is 0.243. The topological polar surface area (TPSA) is 149 Å². The molecule has 0 spiro atoms. The van der Waals surface area contributed by atoms with Crippen molar-refractivity contribution in [3.05, 3.63) is 53.7 Å². The number of aliphatic hydroxyl groups is 3. The van der Waals surface area contributed by atoms with Crippen molar-refractivity contribution in [1.82, 2.24) is 24.9 Å². The number of rotatable bonds is 7. The van der Waals surface area contributed by atoms with Crippen LogP contribution in [0.2, 0.25) is 0 Å². The molecule has 1 fully saturated rings. The Morgan fingerprint density at radius 2 is 1.89 bits per heavy atom. The lowest BCUT2D eigenvalue weighted by atomic mass is 10.0. The van der Waals surface area contributed by atoms with Gasteiger partial charge in [0.25, 0.3) is 0 Å². The highest BCUT2D eigenvalue weighted by Gasteiger charge is 2.47. The van der Waals surface area contributed by atoms with Crippen LogP contribution in [0.25, 0.3) is 20.8 Å². The summed E-state index contributed by atoms with van der Waals surface area (Å²) in [6, 6.07) is 5.71. The van der Waals surface area contributed by atoms with Crippen molar-refractivity contribution in [3.8, 4) is 10.6 Å². The fraction of sp³-hybridized carbons (Fsp3) is 0.375. The fourth-order valence-electron chi connectivity index (χ4n) is 4.40. The first-order valence-electron chi connectivity index (χ1n) is 11.4. The number of nitrogens with one attached hydrogen (secondary N) is 2. The van der Waals surface area contributed by atoms with E-state index in [1.54, 1.807) is 18.6 Å². The van der Waals surface area contributed by atoms with Gasteiger partial charge in [0.05, 0.1) is 21.7 Å². The van der Waals surface area contributed by atoms with Crippen LogP contribution in [0.3, 0.4) is 0 Å². The van der Waals surface area contributed by atoms with Gasteiger partial charge in [-0.3, -0.25) is 9.97 Å². The maximum Gasteiger partial charge on any atom is 0.225 e. The van der Waals surface area contributed by atoms with Gasteiger partial charge in [0.15, 0.2) is 5.72 Å². The van der Waals surface area contributed by atoms with Crippen LogP contribution in [-0.4, -0.2) is 58.7 Å². The van der Waals surface area contributed by atoms with E-state index in [-0.39, 0.29) is 13.0 Å². The summed E-state index contributed by atoms with van der Waals surface area (Å²) < 4.78 is 0.984. The van der Waals surface area contributed by atoms with Crippen molar-refractivity contribution in [2.75, 3.05) is 17.2 Å². The van der Waals surface area contributed by atoms with E-state index in [1.165, 1.54) is 11.3 Å². The minimum absolute atomic E-state index is 0.205. The normalized spacial score (nSPS) is 22.0. The summed E-state index contributed by atoms with van der Waals surface area (Å²) in [5.74, 6) is 0.318. The molecule has 5 rings (SSSR count). The van der Waals surface area contributed by atoms with E-state index in [9.17, 15) is 15.3 Å². The van der Waals surface area contributed by atoms with Crippen LogP contribution in [0.1, 0.15) is 29.8 Å². The van der Waals surface area contributed by atoms with Crippen molar-refractivity contribution in [3.63, 3.8) is 0 Å². The maximum atomic E-state index is 11.3. The zero-order valence-corrected chi connectivity index (χ0v) is 20.2. The summed E-state index contributed by atoms with van der Waals surface area (Å²) in [4.78, 5) is 22.5. The van der Waals surface area contributed by atoms with Crippen LogP contribution < -0.4 is 10.6 Å². The second kappa shape index (κ2) is 9.42. The largest absolute Gasteiger partial charge is 0.396 e. The number of hydrogen-bond acceptors (Lipinski definition) is 11. The van der Waals surface area contributed by atoms with Crippen LogP contribution in [-0.2, 0) is 6.54 Å². The number of anilines is 2. The van der Waals surface area contributed by atoms with E-state index in [1.807, 2.05) is 32.0 Å². The second-order valence-corrected chi connectivity index (χ2v) is 9.83. The van der Waals surface area contributed by atoms with E-state index in [4.69, 9.17) is 4.98 Å². The molecule has 3 atom stereocenters. The lowest BCUT2D eigenvalue weighted by Gasteiger charge is -2.31. The molecule has 5 N–H and O–H groups in total. The Labute approximate surface area is 206 Å². The van der Waals surface area contributed by atoms with Gasteiger partial charge in [-0.15, -0.1) is 11.3 Å². The third-order valence-electron chi connectivity index (χ3n) is 6.40. The molecule has 1 aliphatic rings. The van der Waals surface area contributed by atoms with E-state index in [2.05, 4.69) is 30.6 Å². The van der Waals surface area contributed by atoms with E-state index in [0.717, 1.165) is 21.5 Å². The number of pyridine rings is 2. The summed E-state index contributed by atoms with van der Waals surface area (Å²) in [6.07, 6.45) is 4.80. The Kier molecular flexibility index (Phi) is 6.32. The van der Waals surface area contributed by atoms with Gasteiger partial charge in [-0.25, -0.2) is 9.97 Å². The average Bonchev–Trinajstić information content (AvgIpc) is 3.40. The Morgan fingerprint density at radius 1 is 1.09 bits per heavy atom. The molecule has 0 amide bonds. The summed E-state index contributed by atoms with van der Waals surface area (Å²) in [6.45, 7) is 4.06. The van der Waals surface area contributed by atoms with Crippen LogP contribution in [0.15, 0.2) is 36.8 Å². The van der Waals surface area contributed by atoms with Crippen molar-refractivity contribution >= 4 is 33.3 Å². The standard InChI is InChI=1S/C24H27N7O3S/c1-13-18(22-29-19-14(2)26-10-6-17(19)35-22)21(31-24(34)7-3-16(12-32)20(24)33)30-23(28-13)27-11-15-4-8-25-9-5-15/h4-6,8-10,16,20,32-34H,3,7,11-12H2,1-2H3,(H2,27,28,30,31). The lowest BCUT2D eigenvalue weighted by Crippen LogP contribution is -2.48. The highest BCUT2D eigenvalue weighted by Crippen LogP contribution is 2.40. The van der Waals surface area contributed by atoms with Crippen molar-refractivity contribution in [2.24, 2.45) is 5.92 Å². The zero-order chi connectivity index (χ0) is 24.6. The Hall–Kier alpha value is -3.25. The second-order valence-electron chi connectivity index (χ2n) is 8.80. The van der Waals surface area contributed by atoms with E-state index in [0.29, 0.717) is 41.0 Å². The third-order valence-corrected chi connectivity index (χ3v) is 7.43. The van der Waals surface area contributed by atoms with E-state index < -0.39 is 17.7 Å². The highest BCUT2D eigenvalue weighted by atomic mass is 32.1. The molecule has 0 aromatic carbocycles. The first kappa shape index (κ1) is 23.5. The molecule has 0 saturated heterocycles. The molecule has 4 aromatic rings. The Bertz CT molecular complexity index is 1350. The van der Waals surface area contributed by atoms with Gasteiger partial charge in [0, 0.05) is 37.7 Å². The Morgan fingerprint density at radius 3 is 2.60 bits per heavy atom. The molecule has 10 nitrogen and oxygen atoms in total. The monoisotopic (exact) mass is 493 g/mol. The van der Waals surface area contributed by atoms with Gasteiger partial charge >= 0.3 is 0 Å². The first-order chi connectivity index (χ1) is 16.9. The molecule has 0 aliphatic heterocycles. The van der Waals surface area contributed by atoms with Crippen LogP contribution in [0.4, 0.5) is 11.8 Å². The van der Waals surface area contributed by atoms with Crippen molar-refractivity contribution < 1.29 is 15.3 Å². The minimum atomic E-state index is -1.64. The Balaban J connectivity index is 1.56. The van der Waals surface area contributed by atoms with Crippen LogP contribution in [0, 0.1) is 19.8 Å². The van der Waals surface area contributed by atoms with Crippen LogP contribution >= 0.6 is 11.3 Å². The molecule has 1 saturated carbocycles. The summed E-state index contributed by atoms with van der Waals surface area (Å²) in [7, 11) is 0. The summed E-state index contributed by atoms with van der Waals surface area (Å²) >= 11 is 1.49. The zero-order valence-electron chi connectivity index (χ0n) is 19.4. The molecular weight excluding hydrogens is 466 g/mol. The molecule has 4 aromatic heterocycles. The van der Waals surface area contributed by atoms with Crippen molar-refractivity contribution in [2.45, 2.75) is 45.1 Å². The smallest absolute Gasteiger partial charge is 0.225 e. The molecule has 0 bridgehead atoms. The van der Waals surface area contributed by atoms with Gasteiger partial charge in [0.1, 0.15) is 22.4 Å². The number of fused-ring (bicyclic) bond motifs is 1. The third kappa shape index (κ3) is 4.55. The van der Waals surface area contributed by atoms with Gasteiger partial charge in [-0.2, -0.15) is 4.98 Å². The highest BCUT2D eigenvalue weighted by molar-refractivity contribution is 7.21. The number of thiazole rings is 1. The molecule has 11 heteroatoms. The number of aromatic nitrogens is 5. The van der Waals surface area contributed by atoms with E-state index >= 15 is 0 Å². The first-order valence-corrected chi connectivity index (χ1v) is 12.2. The number of aryl methyl sites for hydroxylation is 2. The lowest BCUT2D eigenvalue weighted by molar-refractivity contribution is -0.0545. The van der Waals surface area contributed by atoms with Crippen LogP contribution in [0.5, 0.6) is 0 Å². The summed E-state index contributed by atoms with van der Waals surface area (Å²) in [5.41, 5.74) is 2.32.